The standard InChI is InChI=1S/C8H11N3O6S/c12-7(13)2-1-5(8(14)15)11-18(16,17)6-3-9-4-10-6/h3-5,11H,1-2H2,(H,9,10)(H,12,13)(H,14,15)/t5-/m0/s1. The van der Waals surface area contributed by atoms with Crippen LogP contribution in [0.25, 0.3) is 0 Å². The number of hydrogen-bond donors (Lipinski definition) is 4. The van der Waals surface area contributed by atoms with E-state index >= 15 is 0 Å². The molecule has 1 atom stereocenters. The molecule has 0 aliphatic carbocycles. The average molecular weight is 277 g/mol. The summed E-state index contributed by atoms with van der Waals surface area (Å²) >= 11 is 0. The van der Waals surface area contributed by atoms with Crippen molar-refractivity contribution in [3.8, 4) is 0 Å². The molecule has 0 aromatic carbocycles. The largest absolute Gasteiger partial charge is 0.481 e. The van der Waals surface area contributed by atoms with E-state index in [1.807, 2.05) is 4.72 Å². The Hall–Kier alpha value is -1.94. The second kappa shape index (κ2) is 5.60. The molecule has 4 N–H and O–H groups in total. The van der Waals surface area contributed by atoms with Crippen molar-refractivity contribution in [2.45, 2.75) is 23.9 Å². The number of aromatic nitrogens is 2. The van der Waals surface area contributed by atoms with Crippen LogP contribution < -0.4 is 4.72 Å². The van der Waals surface area contributed by atoms with E-state index in [-0.39, 0.29) is 11.4 Å². The molecule has 0 amide bonds. The van der Waals surface area contributed by atoms with Crippen LogP contribution in [-0.4, -0.2) is 46.6 Å². The molecular weight excluding hydrogens is 266 g/mol. The van der Waals surface area contributed by atoms with E-state index in [2.05, 4.69) is 9.97 Å². The van der Waals surface area contributed by atoms with Crippen LogP contribution in [0, 0.1) is 0 Å². The molecule has 0 unspecified atom stereocenters. The zero-order valence-electron chi connectivity index (χ0n) is 9.03. The molecule has 0 saturated carbocycles. The summed E-state index contributed by atoms with van der Waals surface area (Å²) in [6.45, 7) is 0. The summed E-state index contributed by atoms with van der Waals surface area (Å²) in [6.07, 6.45) is 1.33. The van der Waals surface area contributed by atoms with E-state index in [1.165, 1.54) is 0 Å². The van der Waals surface area contributed by atoms with Gasteiger partial charge in [-0.25, -0.2) is 13.4 Å². The van der Waals surface area contributed by atoms with Crippen LogP contribution in [0.4, 0.5) is 0 Å². The van der Waals surface area contributed by atoms with E-state index in [1.54, 1.807) is 0 Å². The van der Waals surface area contributed by atoms with Crippen LogP contribution in [0.1, 0.15) is 12.8 Å². The van der Waals surface area contributed by atoms with Gasteiger partial charge in [0.15, 0.2) is 5.03 Å². The lowest BCUT2D eigenvalue weighted by molar-refractivity contribution is -0.140. The number of hydrogen-bond acceptors (Lipinski definition) is 5. The summed E-state index contributed by atoms with van der Waals surface area (Å²) in [7, 11) is -4.05. The smallest absolute Gasteiger partial charge is 0.321 e. The third kappa shape index (κ3) is 3.82. The first-order valence-electron chi connectivity index (χ1n) is 4.78. The van der Waals surface area contributed by atoms with Gasteiger partial charge in [-0.15, -0.1) is 0 Å². The van der Waals surface area contributed by atoms with Crippen molar-refractivity contribution < 1.29 is 28.2 Å². The molecule has 0 aliphatic rings. The van der Waals surface area contributed by atoms with Crippen LogP contribution in [0.2, 0.25) is 0 Å². The normalized spacial score (nSPS) is 13.1. The molecule has 0 saturated heterocycles. The Labute approximate surface area is 102 Å². The van der Waals surface area contributed by atoms with Crippen LogP contribution in [0.15, 0.2) is 17.6 Å². The molecule has 18 heavy (non-hydrogen) atoms. The summed E-state index contributed by atoms with van der Waals surface area (Å²) in [5, 5.41) is 17.0. The first-order valence-corrected chi connectivity index (χ1v) is 6.26. The van der Waals surface area contributed by atoms with Crippen molar-refractivity contribution in [1.82, 2.24) is 14.7 Å². The Morgan fingerprint density at radius 3 is 2.56 bits per heavy atom. The molecule has 100 valence electrons. The van der Waals surface area contributed by atoms with Crippen LogP contribution >= 0.6 is 0 Å². The number of imidazole rings is 1. The van der Waals surface area contributed by atoms with Crippen molar-refractivity contribution in [2.24, 2.45) is 0 Å². The lowest BCUT2D eigenvalue weighted by Gasteiger charge is -2.12. The number of nitrogens with zero attached hydrogens (tertiary/aromatic N) is 1. The van der Waals surface area contributed by atoms with E-state index < -0.39 is 34.4 Å². The summed E-state index contributed by atoms with van der Waals surface area (Å²) in [4.78, 5) is 27.0. The summed E-state index contributed by atoms with van der Waals surface area (Å²) in [6, 6.07) is -1.51. The van der Waals surface area contributed by atoms with Gasteiger partial charge in [-0.1, -0.05) is 0 Å². The molecule has 1 heterocycles. The molecule has 0 aliphatic heterocycles. The number of nitrogens with one attached hydrogen (secondary N) is 2. The highest BCUT2D eigenvalue weighted by molar-refractivity contribution is 7.89. The van der Waals surface area contributed by atoms with Gasteiger partial charge in [0.25, 0.3) is 10.0 Å². The van der Waals surface area contributed by atoms with E-state index in [4.69, 9.17) is 10.2 Å². The lowest BCUT2D eigenvalue weighted by atomic mass is 10.2. The predicted molar refractivity (Wildman–Crippen MR) is 57.2 cm³/mol. The molecule has 0 radical (unpaired) electrons. The molecule has 0 bridgehead atoms. The minimum atomic E-state index is -4.05. The van der Waals surface area contributed by atoms with Gasteiger partial charge in [-0.3, -0.25) is 9.59 Å². The summed E-state index contributed by atoms with van der Waals surface area (Å²) < 4.78 is 25.2. The van der Waals surface area contributed by atoms with Gasteiger partial charge in [0.2, 0.25) is 0 Å². The maximum Gasteiger partial charge on any atom is 0.321 e. The average Bonchev–Trinajstić information content (AvgIpc) is 2.77. The number of rotatable bonds is 7. The van der Waals surface area contributed by atoms with Gasteiger partial charge < -0.3 is 15.2 Å². The number of carbonyl (C=O) groups is 2. The van der Waals surface area contributed by atoms with Gasteiger partial charge in [-0.2, -0.15) is 4.72 Å². The van der Waals surface area contributed by atoms with Crippen molar-refractivity contribution >= 4 is 22.0 Å². The van der Waals surface area contributed by atoms with Gasteiger partial charge in [-0.05, 0) is 6.42 Å². The number of aliphatic carboxylic acids is 2. The Kier molecular flexibility index (Phi) is 4.39. The number of carboxylic acids is 2. The zero-order chi connectivity index (χ0) is 13.8. The lowest BCUT2D eigenvalue weighted by Crippen LogP contribution is -2.41. The van der Waals surface area contributed by atoms with Crippen LogP contribution in [-0.2, 0) is 19.6 Å². The quantitative estimate of drug-likeness (QED) is 0.499. The molecule has 0 fully saturated rings. The third-order valence-electron chi connectivity index (χ3n) is 2.01. The zero-order valence-corrected chi connectivity index (χ0v) is 9.85. The van der Waals surface area contributed by atoms with Gasteiger partial charge in [0.1, 0.15) is 6.04 Å². The minimum Gasteiger partial charge on any atom is -0.481 e. The topological polar surface area (TPSA) is 149 Å². The van der Waals surface area contributed by atoms with E-state index in [0.29, 0.717) is 0 Å². The fourth-order valence-electron chi connectivity index (χ4n) is 1.14. The van der Waals surface area contributed by atoms with E-state index in [0.717, 1.165) is 12.5 Å². The molecule has 0 spiro atoms. The van der Waals surface area contributed by atoms with Gasteiger partial charge in [0, 0.05) is 6.42 Å². The molecule has 9 nitrogen and oxygen atoms in total. The first kappa shape index (κ1) is 14.1. The highest BCUT2D eigenvalue weighted by Gasteiger charge is 2.26. The predicted octanol–water partition coefficient (Wildman–Crippen LogP) is -0.994. The minimum absolute atomic E-state index is 0.288. The van der Waals surface area contributed by atoms with E-state index in [9.17, 15) is 18.0 Å². The maximum absolute atomic E-state index is 11.7. The molecular formula is C8H11N3O6S. The van der Waals surface area contributed by atoms with Gasteiger partial charge in [0.05, 0.1) is 12.5 Å². The van der Waals surface area contributed by atoms with Crippen molar-refractivity contribution in [3.63, 3.8) is 0 Å². The number of carboxylic acid groups (broad SMARTS) is 2. The van der Waals surface area contributed by atoms with Crippen molar-refractivity contribution in [2.75, 3.05) is 0 Å². The summed E-state index contributed by atoms with van der Waals surface area (Å²) in [5.74, 6) is -2.65. The fourth-order valence-corrected chi connectivity index (χ4v) is 2.27. The number of sulfonamides is 1. The number of H-pyrrole nitrogens is 1. The molecule has 1 aromatic rings. The Bertz CT molecular complexity index is 523. The Morgan fingerprint density at radius 1 is 1.44 bits per heavy atom. The SMILES string of the molecule is O=C(O)CC[C@H](NS(=O)(=O)c1cnc[nH]1)C(=O)O. The number of aromatic amines is 1. The second-order valence-electron chi connectivity index (χ2n) is 3.36. The molecule has 1 aromatic heterocycles. The second-order valence-corrected chi connectivity index (χ2v) is 5.04. The summed E-state index contributed by atoms with van der Waals surface area (Å²) in [5.41, 5.74) is 0. The highest BCUT2D eigenvalue weighted by Crippen LogP contribution is 2.06. The van der Waals surface area contributed by atoms with Crippen LogP contribution in [0.3, 0.4) is 0 Å². The van der Waals surface area contributed by atoms with Crippen molar-refractivity contribution in [1.29, 1.82) is 0 Å². The van der Waals surface area contributed by atoms with Crippen LogP contribution in [0.5, 0.6) is 0 Å². The monoisotopic (exact) mass is 277 g/mol. The van der Waals surface area contributed by atoms with Gasteiger partial charge >= 0.3 is 11.9 Å². The fraction of sp³-hybridized carbons (Fsp3) is 0.375. The molecule has 1 rings (SSSR count). The first-order chi connectivity index (χ1) is 8.33. The third-order valence-corrected chi connectivity index (χ3v) is 3.40. The highest BCUT2D eigenvalue weighted by atomic mass is 32.2. The molecule has 10 heteroatoms. The maximum atomic E-state index is 11.7. The Balaban J connectivity index is 2.78. The van der Waals surface area contributed by atoms with Crippen molar-refractivity contribution in [3.05, 3.63) is 12.5 Å². The Morgan fingerprint density at radius 2 is 2.11 bits per heavy atom.